The predicted octanol–water partition coefficient (Wildman–Crippen LogP) is 5.92. The largest absolute Gasteiger partial charge is 0.491 e. The molecule has 7 heteroatoms. The number of hydrogen-bond donors (Lipinski definition) is 1. The van der Waals surface area contributed by atoms with E-state index >= 15 is 0 Å². The molecule has 0 aliphatic carbocycles. The van der Waals surface area contributed by atoms with Gasteiger partial charge in [0.2, 0.25) is 0 Å². The summed E-state index contributed by atoms with van der Waals surface area (Å²) in [6, 6.07) is 16.1. The number of unbranched alkanes of at least 4 members (excludes halogenated alkanes) is 1. The van der Waals surface area contributed by atoms with Gasteiger partial charge < -0.3 is 22.4 Å². The SMILES string of the molecule is CCCCOC[C@@H](COc1ccc(C(C)(C)c2ccc(OC[C@H](O)CCl)cc2)cc1)OI. The molecule has 0 radical (unpaired) electrons. The average Bonchev–Trinajstić information content (AvgIpc) is 2.82. The third kappa shape index (κ3) is 8.71. The molecule has 2 rings (SSSR count). The molecule has 5 nitrogen and oxygen atoms in total. The standard InChI is InChI=1S/C25H34ClIO5/c1-4-5-14-29-17-24(32-27)18-31-23-12-8-20(9-13-23)25(2,3)19-6-10-22(11-7-19)30-16-21(28)15-26/h6-13,21,24,28H,4-5,14-18H2,1-3H3/t21-,24+/m1/s1. The highest BCUT2D eigenvalue weighted by Gasteiger charge is 2.23. The highest BCUT2D eigenvalue weighted by Crippen LogP contribution is 2.33. The summed E-state index contributed by atoms with van der Waals surface area (Å²) < 4.78 is 22.5. The summed E-state index contributed by atoms with van der Waals surface area (Å²) in [5, 5.41) is 9.53. The second kappa shape index (κ2) is 14.3. The lowest BCUT2D eigenvalue weighted by atomic mass is 9.78. The molecule has 0 aliphatic rings. The van der Waals surface area contributed by atoms with Crippen molar-refractivity contribution in [1.82, 2.24) is 0 Å². The summed E-state index contributed by atoms with van der Waals surface area (Å²) >= 11 is 7.50. The third-order valence-corrected chi connectivity index (χ3v) is 6.36. The van der Waals surface area contributed by atoms with Crippen molar-refractivity contribution in [3.63, 3.8) is 0 Å². The van der Waals surface area contributed by atoms with Crippen molar-refractivity contribution in [2.75, 3.05) is 32.3 Å². The summed E-state index contributed by atoms with van der Waals surface area (Å²) in [5.74, 6) is 1.67. The van der Waals surface area contributed by atoms with Crippen molar-refractivity contribution in [1.29, 1.82) is 0 Å². The van der Waals surface area contributed by atoms with E-state index in [2.05, 4.69) is 32.9 Å². The molecule has 32 heavy (non-hydrogen) atoms. The maximum absolute atomic E-state index is 9.53. The number of halogens is 2. The van der Waals surface area contributed by atoms with E-state index in [0.29, 0.717) is 19.0 Å². The second-order valence-corrected chi connectivity index (χ2v) is 9.06. The van der Waals surface area contributed by atoms with Crippen molar-refractivity contribution in [3.05, 3.63) is 59.7 Å². The second-order valence-electron chi connectivity index (χ2n) is 8.24. The van der Waals surface area contributed by atoms with Crippen molar-refractivity contribution >= 4 is 34.6 Å². The summed E-state index contributed by atoms with van der Waals surface area (Å²) in [6.07, 6.45) is 1.40. The van der Waals surface area contributed by atoms with Crippen molar-refractivity contribution in [3.8, 4) is 11.5 Å². The van der Waals surface area contributed by atoms with Crippen LogP contribution in [0.2, 0.25) is 0 Å². The highest BCUT2D eigenvalue weighted by atomic mass is 127. The van der Waals surface area contributed by atoms with Gasteiger partial charge >= 0.3 is 0 Å². The number of alkyl halides is 1. The van der Waals surface area contributed by atoms with E-state index in [1.54, 1.807) is 0 Å². The summed E-state index contributed by atoms with van der Waals surface area (Å²) in [5.41, 5.74) is 2.16. The van der Waals surface area contributed by atoms with Gasteiger partial charge in [-0.3, -0.25) is 0 Å². The fraction of sp³-hybridized carbons (Fsp3) is 0.520. The molecule has 2 atom stereocenters. The van der Waals surface area contributed by atoms with Gasteiger partial charge in [-0.15, -0.1) is 11.6 Å². The zero-order chi connectivity index (χ0) is 23.4. The number of ether oxygens (including phenoxy) is 3. The minimum atomic E-state index is -0.666. The number of hydrogen-bond acceptors (Lipinski definition) is 5. The van der Waals surface area contributed by atoms with E-state index in [9.17, 15) is 5.11 Å². The smallest absolute Gasteiger partial charge is 0.127 e. The minimum Gasteiger partial charge on any atom is -0.491 e. The Balaban J connectivity index is 1.92. The average molecular weight is 577 g/mol. The Morgan fingerprint density at radius 1 is 0.906 bits per heavy atom. The van der Waals surface area contributed by atoms with E-state index in [4.69, 9.17) is 28.9 Å². The van der Waals surface area contributed by atoms with Gasteiger partial charge in [0, 0.05) is 12.0 Å². The fourth-order valence-corrected chi connectivity index (χ4v) is 3.47. The van der Waals surface area contributed by atoms with Crippen LogP contribution in [0, 0.1) is 0 Å². The van der Waals surface area contributed by atoms with Gasteiger partial charge in [-0.05, 0) is 41.8 Å². The van der Waals surface area contributed by atoms with Crippen molar-refractivity contribution in [2.45, 2.75) is 51.2 Å². The van der Waals surface area contributed by atoms with Crippen molar-refractivity contribution in [2.24, 2.45) is 0 Å². The normalized spacial score (nSPS) is 13.6. The highest BCUT2D eigenvalue weighted by molar-refractivity contribution is 14.1. The Hall–Kier alpha value is -1.06. The van der Waals surface area contributed by atoms with Crippen LogP contribution in [-0.4, -0.2) is 49.6 Å². The Morgan fingerprint density at radius 2 is 1.44 bits per heavy atom. The predicted molar refractivity (Wildman–Crippen MR) is 137 cm³/mol. The molecule has 0 spiro atoms. The Bertz CT molecular complexity index is 767. The molecule has 0 saturated carbocycles. The molecule has 1 N–H and O–H groups in total. The Kier molecular flexibility index (Phi) is 12.1. The van der Waals surface area contributed by atoms with Gasteiger partial charge in [0.05, 0.1) is 12.5 Å². The van der Waals surface area contributed by atoms with Gasteiger partial charge in [0.1, 0.15) is 59.9 Å². The number of rotatable bonds is 15. The van der Waals surface area contributed by atoms with Gasteiger partial charge in [-0.1, -0.05) is 51.5 Å². The molecular formula is C25H34ClIO5. The van der Waals surface area contributed by atoms with Crippen LogP contribution >= 0.6 is 34.6 Å². The van der Waals surface area contributed by atoms with E-state index < -0.39 is 6.10 Å². The van der Waals surface area contributed by atoms with Crippen LogP contribution in [0.3, 0.4) is 0 Å². The van der Waals surface area contributed by atoms with Gasteiger partial charge in [-0.25, -0.2) is 0 Å². The van der Waals surface area contributed by atoms with Crippen LogP contribution in [0.25, 0.3) is 0 Å². The lowest BCUT2D eigenvalue weighted by Crippen LogP contribution is -2.24. The molecule has 0 unspecified atom stereocenters. The molecule has 0 saturated heterocycles. The Labute approximate surface area is 211 Å². The molecule has 0 fully saturated rings. The lowest BCUT2D eigenvalue weighted by Gasteiger charge is -2.26. The quantitative estimate of drug-likeness (QED) is 0.162. The molecule has 178 valence electrons. The molecule has 0 bridgehead atoms. The lowest BCUT2D eigenvalue weighted by molar-refractivity contribution is 0.0451. The zero-order valence-corrected chi connectivity index (χ0v) is 22.0. The summed E-state index contributed by atoms with van der Waals surface area (Å²) in [4.78, 5) is 0. The van der Waals surface area contributed by atoms with Crippen LogP contribution in [0.1, 0.15) is 44.7 Å². The van der Waals surface area contributed by atoms with E-state index in [0.717, 1.165) is 25.2 Å². The molecule has 0 aromatic heterocycles. The molecule has 2 aromatic carbocycles. The third-order valence-electron chi connectivity index (χ3n) is 5.28. The van der Waals surface area contributed by atoms with Gasteiger partial charge in [0.25, 0.3) is 0 Å². The van der Waals surface area contributed by atoms with Crippen molar-refractivity contribution < 1.29 is 22.4 Å². The molecule has 2 aromatic rings. The van der Waals surface area contributed by atoms with Crippen LogP contribution in [0.5, 0.6) is 11.5 Å². The van der Waals surface area contributed by atoms with Crippen LogP contribution in [-0.2, 0) is 13.2 Å². The first-order chi connectivity index (χ1) is 15.4. The van der Waals surface area contributed by atoms with Gasteiger partial charge in [-0.2, -0.15) is 0 Å². The van der Waals surface area contributed by atoms with Crippen LogP contribution in [0.15, 0.2) is 48.5 Å². The van der Waals surface area contributed by atoms with Crippen LogP contribution in [0.4, 0.5) is 0 Å². The summed E-state index contributed by atoms with van der Waals surface area (Å²) in [6.45, 7) is 8.41. The number of benzene rings is 2. The van der Waals surface area contributed by atoms with E-state index in [-0.39, 0.29) is 24.0 Å². The molecular weight excluding hydrogens is 543 g/mol. The maximum Gasteiger partial charge on any atom is 0.127 e. The first-order valence-electron chi connectivity index (χ1n) is 11.0. The van der Waals surface area contributed by atoms with E-state index in [1.807, 2.05) is 59.4 Å². The minimum absolute atomic E-state index is 0.102. The molecule has 0 aliphatic heterocycles. The van der Waals surface area contributed by atoms with Crippen LogP contribution < -0.4 is 9.47 Å². The maximum atomic E-state index is 9.53. The number of aliphatic hydroxyl groups is 1. The topological polar surface area (TPSA) is 57.2 Å². The molecule has 0 amide bonds. The van der Waals surface area contributed by atoms with E-state index in [1.165, 1.54) is 11.1 Å². The Morgan fingerprint density at radius 3 is 1.91 bits per heavy atom. The first-order valence-corrected chi connectivity index (χ1v) is 12.4. The fourth-order valence-electron chi connectivity index (χ4n) is 3.09. The number of aliphatic hydroxyl groups excluding tert-OH is 1. The first kappa shape index (κ1) is 27.2. The molecule has 0 heterocycles. The zero-order valence-electron chi connectivity index (χ0n) is 19.1. The summed E-state index contributed by atoms with van der Waals surface area (Å²) in [7, 11) is 0. The van der Waals surface area contributed by atoms with Gasteiger partial charge in [0.15, 0.2) is 0 Å². The monoisotopic (exact) mass is 576 g/mol.